The summed E-state index contributed by atoms with van der Waals surface area (Å²) in [6, 6.07) is 9.36. The number of hydrogen-bond acceptors (Lipinski definition) is 6. The molecule has 0 aliphatic rings. The lowest BCUT2D eigenvalue weighted by Crippen LogP contribution is -2.22. The van der Waals surface area contributed by atoms with E-state index in [1.165, 1.54) is 18.4 Å². The molecule has 1 N–H and O–H groups in total. The van der Waals surface area contributed by atoms with Crippen molar-refractivity contribution < 1.29 is 18.0 Å². The molecule has 0 fully saturated rings. The van der Waals surface area contributed by atoms with Crippen LogP contribution in [0, 0.1) is 5.82 Å². The number of carbonyl (C=O) groups excluding carboxylic acids is 1. The lowest BCUT2D eigenvalue weighted by Gasteiger charge is -2.10. The Kier molecular flexibility index (Phi) is 4.42. The number of rotatable bonds is 5. The van der Waals surface area contributed by atoms with Gasteiger partial charge in [-0.1, -0.05) is 23.9 Å². The molecule has 0 bridgehead atoms. The molecule has 0 saturated heterocycles. The van der Waals surface area contributed by atoms with Crippen LogP contribution in [0.3, 0.4) is 0 Å². The minimum absolute atomic E-state index is 0.131. The maximum atomic E-state index is 13.5. The third-order valence-electron chi connectivity index (χ3n) is 2.92. The zero-order valence-electron chi connectivity index (χ0n) is 12.0. The van der Waals surface area contributed by atoms with Crippen molar-refractivity contribution in [2.75, 3.05) is 5.32 Å². The molecule has 0 saturated carbocycles. The summed E-state index contributed by atoms with van der Waals surface area (Å²) in [4.78, 5) is 12.1. The number of nitrogens with zero attached hydrogens (tertiary/aromatic N) is 2. The van der Waals surface area contributed by atoms with Crippen molar-refractivity contribution in [2.24, 2.45) is 0 Å². The Bertz CT molecular complexity index is 804. The Morgan fingerprint density at radius 3 is 2.83 bits per heavy atom. The lowest BCUT2D eigenvalue weighted by molar-refractivity contribution is -0.115. The average Bonchev–Trinajstić information content (AvgIpc) is 3.20. The summed E-state index contributed by atoms with van der Waals surface area (Å²) in [6.45, 7) is 1.66. The number of halogens is 1. The molecule has 0 aliphatic heterocycles. The average molecular weight is 333 g/mol. The van der Waals surface area contributed by atoms with Crippen LogP contribution in [0.2, 0.25) is 0 Å². The summed E-state index contributed by atoms with van der Waals surface area (Å²) in [5, 5.41) is 9.91. The van der Waals surface area contributed by atoms with Crippen LogP contribution in [0.1, 0.15) is 6.92 Å². The number of para-hydroxylation sites is 1. The van der Waals surface area contributed by atoms with Gasteiger partial charge in [0.2, 0.25) is 5.91 Å². The van der Waals surface area contributed by atoms with E-state index in [2.05, 4.69) is 15.5 Å². The molecule has 3 rings (SSSR count). The van der Waals surface area contributed by atoms with Gasteiger partial charge in [-0.2, -0.15) is 0 Å². The molecule has 2 heterocycles. The third-order valence-corrected chi connectivity index (χ3v) is 3.85. The molecule has 118 valence electrons. The normalized spacial score (nSPS) is 12.1. The second-order valence-electron chi connectivity index (χ2n) is 4.58. The summed E-state index contributed by atoms with van der Waals surface area (Å²) in [5.41, 5.74) is 0.131. The SMILES string of the molecule is C[C@H](Sc1nnc(-c2ccco2)o1)C(=O)Nc1ccccc1F. The van der Waals surface area contributed by atoms with Gasteiger partial charge < -0.3 is 14.2 Å². The molecule has 1 amide bonds. The number of nitrogens with one attached hydrogen (secondary N) is 1. The van der Waals surface area contributed by atoms with Gasteiger partial charge in [0.05, 0.1) is 17.2 Å². The first kappa shape index (κ1) is 15.3. The van der Waals surface area contributed by atoms with Gasteiger partial charge in [-0.25, -0.2) is 4.39 Å². The number of thioether (sulfide) groups is 1. The quantitative estimate of drug-likeness (QED) is 0.719. The highest BCUT2D eigenvalue weighted by Crippen LogP contribution is 2.27. The summed E-state index contributed by atoms with van der Waals surface area (Å²) < 4.78 is 24.1. The van der Waals surface area contributed by atoms with E-state index in [4.69, 9.17) is 8.83 Å². The molecule has 0 unspecified atom stereocenters. The molecular formula is C15H12FN3O3S. The van der Waals surface area contributed by atoms with Crippen LogP contribution in [-0.4, -0.2) is 21.4 Å². The Morgan fingerprint density at radius 2 is 2.09 bits per heavy atom. The first-order valence-corrected chi connectivity index (χ1v) is 7.61. The van der Waals surface area contributed by atoms with Crippen molar-refractivity contribution >= 4 is 23.4 Å². The maximum Gasteiger partial charge on any atom is 0.284 e. The van der Waals surface area contributed by atoms with Crippen LogP contribution >= 0.6 is 11.8 Å². The van der Waals surface area contributed by atoms with Crippen LogP contribution in [0.15, 0.2) is 56.7 Å². The molecular weight excluding hydrogens is 321 g/mol. The van der Waals surface area contributed by atoms with E-state index < -0.39 is 11.1 Å². The predicted octanol–water partition coefficient (Wildman–Crippen LogP) is 3.59. The van der Waals surface area contributed by atoms with Crippen molar-refractivity contribution in [2.45, 2.75) is 17.4 Å². The van der Waals surface area contributed by atoms with Gasteiger partial charge in [-0.3, -0.25) is 4.79 Å². The second-order valence-corrected chi connectivity index (χ2v) is 5.87. The highest BCUT2D eigenvalue weighted by atomic mass is 32.2. The van der Waals surface area contributed by atoms with E-state index in [9.17, 15) is 9.18 Å². The Labute approximate surface area is 135 Å². The van der Waals surface area contributed by atoms with Crippen molar-refractivity contribution in [3.8, 4) is 11.7 Å². The van der Waals surface area contributed by atoms with Gasteiger partial charge in [-0.15, -0.1) is 10.2 Å². The zero-order valence-corrected chi connectivity index (χ0v) is 12.8. The first-order chi connectivity index (χ1) is 11.1. The number of carbonyl (C=O) groups is 1. The highest BCUT2D eigenvalue weighted by molar-refractivity contribution is 8.00. The molecule has 6 nitrogen and oxygen atoms in total. The fraction of sp³-hybridized carbons (Fsp3) is 0.133. The Balaban J connectivity index is 1.64. The van der Waals surface area contributed by atoms with Gasteiger partial charge in [0, 0.05) is 0 Å². The van der Waals surface area contributed by atoms with Gasteiger partial charge in [-0.05, 0) is 31.2 Å². The summed E-state index contributed by atoms with van der Waals surface area (Å²) in [6.07, 6.45) is 1.50. The van der Waals surface area contributed by atoms with Gasteiger partial charge in [0.25, 0.3) is 11.1 Å². The minimum atomic E-state index is -0.542. The van der Waals surface area contributed by atoms with Crippen LogP contribution < -0.4 is 5.32 Å². The monoisotopic (exact) mass is 333 g/mol. The van der Waals surface area contributed by atoms with Crippen LogP contribution in [0.5, 0.6) is 0 Å². The first-order valence-electron chi connectivity index (χ1n) is 6.73. The Morgan fingerprint density at radius 1 is 1.26 bits per heavy atom. The Hall–Kier alpha value is -2.61. The van der Waals surface area contributed by atoms with E-state index in [0.717, 1.165) is 11.8 Å². The summed E-state index contributed by atoms with van der Waals surface area (Å²) in [5.74, 6) is -0.166. The summed E-state index contributed by atoms with van der Waals surface area (Å²) >= 11 is 1.08. The largest absolute Gasteiger partial charge is 0.459 e. The third kappa shape index (κ3) is 3.59. The van der Waals surface area contributed by atoms with Crippen molar-refractivity contribution in [1.82, 2.24) is 10.2 Å². The number of furan rings is 1. The van der Waals surface area contributed by atoms with E-state index in [-0.39, 0.29) is 22.7 Å². The van der Waals surface area contributed by atoms with Crippen LogP contribution in [-0.2, 0) is 4.79 Å². The van der Waals surface area contributed by atoms with Gasteiger partial charge >= 0.3 is 0 Å². The highest BCUT2D eigenvalue weighted by Gasteiger charge is 2.20. The number of aromatic nitrogens is 2. The number of anilines is 1. The minimum Gasteiger partial charge on any atom is -0.459 e. The van der Waals surface area contributed by atoms with Crippen molar-refractivity contribution in [3.05, 3.63) is 48.5 Å². The number of hydrogen-bond donors (Lipinski definition) is 1. The van der Waals surface area contributed by atoms with Gasteiger partial charge in [0.15, 0.2) is 5.76 Å². The summed E-state index contributed by atoms with van der Waals surface area (Å²) in [7, 11) is 0. The molecule has 3 aromatic rings. The molecule has 1 aromatic carbocycles. The molecule has 23 heavy (non-hydrogen) atoms. The number of benzene rings is 1. The lowest BCUT2D eigenvalue weighted by atomic mass is 10.3. The molecule has 1 atom stereocenters. The van der Waals surface area contributed by atoms with Gasteiger partial charge in [0.1, 0.15) is 5.82 Å². The van der Waals surface area contributed by atoms with Crippen molar-refractivity contribution in [1.29, 1.82) is 0 Å². The van der Waals surface area contributed by atoms with E-state index in [1.807, 2.05) is 0 Å². The number of amides is 1. The fourth-order valence-corrected chi connectivity index (χ4v) is 2.44. The van der Waals surface area contributed by atoms with Crippen LogP contribution in [0.25, 0.3) is 11.7 Å². The predicted molar refractivity (Wildman–Crippen MR) is 82.3 cm³/mol. The van der Waals surface area contributed by atoms with Crippen LogP contribution in [0.4, 0.5) is 10.1 Å². The second kappa shape index (κ2) is 6.66. The smallest absolute Gasteiger partial charge is 0.284 e. The standard InChI is InChI=1S/C15H12FN3O3S/c1-9(13(20)17-11-6-3-2-5-10(11)16)23-15-19-18-14(22-15)12-7-4-8-21-12/h2-9H,1H3,(H,17,20)/t9-/m0/s1. The maximum absolute atomic E-state index is 13.5. The molecule has 0 radical (unpaired) electrons. The van der Waals surface area contributed by atoms with E-state index >= 15 is 0 Å². The van der Waals surface area contributed by atoms with E-state index in [0.29, 0.717) is 5.76 Å². The zero-order chi connectivity index (χ0) is 16.2. The fourth-order valence-electron chi connectivity index (χ4n) is 1.76. The van der Waals surface area contributed by atoms with E-state index in [1.54, 1.807) is 31.2 Å². The topological polar surface area (TPSA) is 81.2 Å². The molecule has 0 aliphatic carbocycles. The molecule has 0 spiro atoms. The molecule has 2 aromatic heterocycles. The van der Waals surface area contributed by atoms with Crippen molar-refractivity contribution in [3.63, 3.8) is 0 Å². The molecule has 8 heteroatoms.